The summed E-state index contributed by atoms with van der Waals surface area (Å²) in [7, 11) is -1.11. The summed E-state index contributed by atoms with van der Waals surface area (Å²) in [6.45, 7) is 6.33. The van der Waals surface area contributed by atoms with Gasteiger partial charge in [-0.1, -0.05) is 6.92 Å². The standard InChI is InChI=1S/C18H25N5O2S/c1-5-10-20-17(24)21-13-8-6-12(7-9-13)16-22-14(11-15(19)23-16)18(2,3)26(4)25/h6-9,11H,5,10H2,1-4H3,(H2,19,22,23)(H2,20,21,24). The molecule has 1 heterocycles. The quantitative estimate of drug-likeness (QED) is 0.719. The lowest BCUT2D eigenvalue weighted by molar-refractivity contribution is 0.252. The van der Waals surface area contributed by atoms with E-state index < -0.39 is 15.5 Å². The van der Waals surface area contributed by atoms with Gasteiger partial charge in [-0.15, -0.1) is 0 Å². The Labute approximate surface area is 156 Å². The molecule has 2 aromatic rings. The first-order chi connectivity index (χ1) is 12.2. The molecule has 0 spiro atoms. The molecule has 0 bridgehead atoms. The third kappa shape index (κ3) is 4.78. The molecule has 0 saturated heterocycles. The minimum absolute atomic E-state index is 0.241. The van der Waals surface area contributed by atoms with Crippen molar-refractivity contribution in [2.45, 2.75) is 31.9 Å². The summed E-state index contributed by atoms with van der Waals surface area (Å²) in [6, 6.07) is 8.58. The molecular formula is C18H25N5O2S. The molecule has 0 aliphatic rings. The van der Waals surface area contributed by atoms with Gasteiger partial charge in [0.05, 0.1) is 10.4 Å². The van der Waals surface area contributed by atoms with Crippen molar-refractivity contribution in [3.8, 4) is 11.4 Å². The predicted octanol–water partition coefficient (Wildman–Crippen LogP) is 2.87. The Hall–Kier alpha value is -2.48. The first-order valence-electron chi connectivity index (χ1n) is 8.38. The number of hydrogen-bond acceptors (Lipinski definition) is 5. The number of carbonyl (C=O) groups excluding carboxylic acids is 1. The molecule has 0 aliphatic carbocycles. The number of carbonyl (C=O) groups is 1. The Kier molecular flexibility index (Phi) is 6.31. The summed E-state index contributed by atoms with van der Waals surface area (Å²) in [5, 5.41) is 5.51. The Bertz CT molecular complexity index is 806. The fraction of sp³-hybridized carbons (Fsp3) is 0.389. The van der Waals surface area contributed by atoms with E-state index in [1.165, 1.54) is 0 Å². The van der Waals surface area contributed by atoms with E-state index in [-0.39, 0.29) is 6.03 Å². The zero-order valence-corrected chi connectivity index (χ0v) is 16.3. The molecule has 1 atom stereocenters. The number of nitrogens with two attached hydrogens (primary N) is 1. The topological polar surface area (TPSA) is 110 Å². The summed E-state index contributed by atoms with van der Waals surface area (Å²) < 4.78 is 11.4. The molecule has 2 rings (SSSR count). The lowest BCUT2D eigenvalue weighted by Crippen LogP contribution is -2.29. The van der Waals surface area contributed by atoms with E-state index >= 15 is 0 Å². The number of aromatic nitrogens is 2. The molecule has 7 nitrogen and oxygen atoms in total. The largest absolute Gasteiger partial charge is 0.384 e. The second-order valence-corrected chi connectivity index (χ2v) is 8.35. The second-order valence-electron chi connectivity index (χ2n) is 6.42. The summed E-state index contributed by atoms with van der Waals surface area (Å²) in [4.78, 5) is 20.5. The van der Waals surface area contributed by atoms with E-state index in [9.17, 15) is 9.00 Å². The van der Waals surface area contributed by atoms with E-state index in [0.29, 0.717) is 29.6 Å². The fourth-order valence-electron chi connectivity index (χ4n) is 2.17. The minimum Gasteiger partial charge on any atom is -0.384 e. The first-order valence-corrected chi connectivity index (χ1v) is 9.93. The van der Waals surface area contributed by atoms with Gasteiger partial charge in [0, 0.05) is 40.9 Å². The maximum absolute atomic E-state index is 12.0. The number of amides is 2. The van der Waals surface area contributed by atoms with Crippen LogP contribution in [0.4, 0.5) is 16.3 Å². The highest BCUT2D eigenvalue weighted by Gasteiger charge is 2.28. The molecule has 1 unspecified atom stereocenters. The van der Waals surface area contributed by atoms with Gasteiger partial charge in [0.1, 0.15) is 5.82 Å². The maximum Gasteiger partial charge on any atom is 0.319 e. The van der Waals surface area contributed by atoms with Crippen molar-refractivity contribution in [1.82, 2.24) is 15.3 Å². The number of nitrogen functional groups attached to an aromatic ring is 1. The number of nitrogens with one attached hydrogen (secondary N) is 2. The van der Waals surface area contributed by atoms with E-state index in [4.69, 9.17) is 5.73 Å². The number of nitrogens with zero attached hydrogens (tertiary/aromatic N) is 2. The zero-order chi connectivity index (χ0) is 19.3. The highest BCUT2D eigenvalue weighted by molar-refractivity contribution is 7.85. The zero-order valence-electron chi connectivity index (χ0n) is 15.5. The van der Waals surface area contributed by atoms with E-state index in [0.717, 1.165) is 12.0 Å². The first kappa shape index (κ1) is 19.8. The van der Waals surface area contributed by atoms with Crippen molar-refractivity contribution in [2.24, 2.45) is 0 Å². The number of benzene rings is 1. The molecular weight excluding hydrogens is 350 g/mol. The molecule has 0 aliphatic heterocycles. The monoisotopic (exact) mass is 375 g/mol. The third-order valence-electron chi connectivity index (χ3n) is 4.02. The van der Waals surface area contributed by atoms with Crippen LogP contribution in [-0.2, 0) is 15.5 Å². The predicted molar refractivity (Wildman–Crippen MR) is 106 cm³/mol. The molecule has 4 N–H and O–H groups in total. The molecule has 0 radical (unpaired) electrons. The number of urea groups is 1. The van der Waals surface area contributed by atoms with E-state index in [1.54, 1.807) is 24.5 Å². The fourth-order valence-corrected chi connectivity index (χ4v) is 2.57. The summed E-state index contributed by atoms with van der Waals surface area (Å²) >= 11 is 0. The minimum atomic E-state index is -1.11. The summed E-state index contributed by atoms with van der Waals surface area (Å²) in [6.07, 6.45) is 2.52. The van der Waals surface area contributed by atoms with Gasteiger partial charge in [-0.2, -0.15) is 0 Å². The van der Waals surface area contributed by atoms with Crippen LogP contribution in [0, 0.1) is 0 Å². The van der Waals surface area contributed by atoms with Crippen LogP contribution in [0.3, 0.4) is 0 Å². The maximum atomic E-state index is 12.0. The van der Waals surface area contributed by atoms with Crippen molar-refractivity contribution >= 4 is 28.3 Å². The molecule has 26 heavy (non-hydrogen) atoms. The highest BCUT2D eigenvalue weighted by atomic mass is 32.2. The average Bonchev–Trinajstić information content (AvgIpc) is 2.60. The van der Waals surface area contributed by atoms with Crippen LogP contribution >= 0.6 is 0 Å². The van der Waals surface area contributed by atoms with E-state index in [2.05, 4.69) is 20.6 Å². The van der Waals surface area contributed by atoms with Crippen LogP contribution in [0.15, 0.2) is 30.3 Å². The van der Waals surface area contributed by atoms with Gasteiger partial charge in [-0.3, -0.25) is 4.21 Å². The highest BCUT2D eigenvalue weighted by Crippen LogP contribution is 2.28. The molecule has 8 heteroatoms. The molecule has 1 aromatic heterocycles. The van der Waals surface area contributed by atoms with Crippen LogP contribution in [0.2, 0.25) is 0 Å². The molecule has 0 saturated carbocycles. The molecule has 2 amide bonds. The van der Waals surface area contributed by atoms with Gasteiger partial charge in [-0.05, 0) is 44.5 Å². The van der Waals surface area contributed by atoms with Crippen molar-refractivity contribution in [3.63, 3.8) is 0 Å². The van der Waals surface area contributed by atoms with Crippen molar-refractivity contribution in [3.05, 3.63) is 36.0 Å². The number of anilines is 2. The lowest BCUT2D eigenvalue weighted by atomic mass is 10.1. The van der Waals surface area contributed by atoms with Crippen LogP contribution in [0.1, 0.15) is 32.9 Å². The van der Waals surface area contributed by atoms with Gasteiger partial charge in [-0.25, -0.2) is 14.8 Å². The normalized spacial score (nSPS) is 12.5. The second kappa shape index (κ2) is 8.27. The van der Waals surface area contributed by atoms with Crippen molar-refractivity contribution < 1.29 is 9.00 Å². The number of rotatable bonds is 6. The van der Waals surface area contributed by atoms with Crippen LogP contribution in [0.25, 0.3) is 11.4 Å². The Balaban J connectivity index is 2.25. The summed E-state index contributed by atoms with van der Waals surface area (Å²) in [5.41, 5.74) is 7.98. The molecule has 1 aromatic carbocycles. The van der Waals surface area contributed by atoms with Gasteiger partial charge < -0.3 is 16.4 Å². The van der Waals surface area contributed by atoms with Crippen molar-refractivity contribution in [1.29, 1.82) is 0 Å². The Morgan fingerprint density at radius 2 is 1.88 bits per heavy atom. The average molecular weight is 375 g/mol. The SMILES string of the molecule is CCCNC(=O)Nc1ccc(-c2nc(N)cc(C(C)(C)S(C)=O)n2)cc1. The van der Waals surface area contributed by atoms with Crippen LogP contribution in [0.5, 0.6) is 0 Å². The molecule has 140 valence electrons. The van der Waals surface area contributed by atoms with Gasteiger partial charge in [0.15, 0.2) is 5.82 Å². The summed E-state index contributed by atoms with van der Waals surface area (Å²) in [5.74, 6) is 0.783. The smallest absolute Gasteiger partial charge is 0.319 e. The Morgan fingerprint density at radius 3 is 2.46 bits per heavy atom. The van der Waals surface area contributed by atoms with Crippen molar-refractivity contribution in [2.75, 3.05) is 23.9 Å². The van der Waals surface area contributed by atoms with Gasteiger partial charge >= 0.3 is 6.03 Å². The van der Waals surface area contributed by atoms with Crippen LogP contribution < -0.4 is 16.4 Å². The van der Waals surface area contributed by atoms with Gasteiger partial charge in [0.25, 0.3) is 0 Å². The molecule has 0 fully saturated rings. The third-order valence-corrected chi connectivity index (χ3v) is 5.66. The lowest BCUT2D eigenvalue weighted by Gasteiger charge is -2.21. The van der Waals surface area contributed by atoms with Crippen LogP contribution in [-0.4, -0.2) is 33.0 Å². The van der Waals surface area contributed by atoms with Gasteiger partial charge in [0.2, 0.25) is 0 Å². The Morgan fingerprint density at radius 1 is 1.23 bits per heavy atom. The van der Waals surface area contributed by atoms with E-state index in [1.807, 2.05) is 32.9 Å². The number of hydrogen-bond donors (Lipinski definition) is 3.